The van der Waals surface area contributed by atoms with Crippen molar-refractivity contribution >= 4 is 10.9 Å². The second-order valence-corrected chi connectivity index (χ2v) is 5.10. The lowest BCUT2D eigenvalue weighted by Crippen LogP contribution is -2.16. The molecular weight excluding hydrogens is 264 g/mol. The SMILES string of the molecule is Oc1ccc(CNCCc2c[nH]c3ccccc23)c(O)c1. The van der Waals surface area contributed by atoms with E-state index in [9.17, 15) is 10.2 Å². The number of para-hydroxylation sites is 1. The summed E-state index contributed by atoms with van der Waals surface area (Å²) >= 11 is 0. The van der Waals surface area contributed by atoms with Crippen LogP contribution in [0.5, 0.6) is 11.5 Å². The summed E-state index contributed by atoms with van der Waals surface area (Å²) in [5, 5.41) is 23.5. The second-order valence-electron chi connectivity index (χ2n) is 5.10. The second kappa shape index (κ2) is 5.89. The number of nitrogens with one attached hydrogen (secondary N) is 2. The van der Waals surface area contributed by atoms with Crippen molar-refractivity contribution in [1.29, 1.82) is 0 Å². The van der Waals surface area contributed by atoms with E-state index in [-0.39, 0.29) is 11.5 Å². The Balaban J connectivity index is 1.57. The Morgan fingerprint density at radius 2 is 1.86 bits per heavy atom. The average molecular weight is 282 g/mol. The molecule has 0 aliphatic heterocycles. The number of aromatic nitrogens is 1. The highest BCUT2D eigenvalue weighted by Gasteiger charge is 2.04. The van der Waals surface area contributed by atoms with Crippen LogP contribution in [0.3, 0.4) is 0 Å². The molecule has 108 valence electrons. The number of fused-ring (bicyclic) bond motifs is 1. The van der Waals surface area contributed by atoms with Crippen LogP contribution >= 0.6 is 0 Å². The van der Waals surface area contributed by atoms with Crippen molar-refractivity contribution < 1.29 is 10.2 Å². The van der Waals surface area contributed by atoms with Gasteiger partial charge in [0.15, 0.2) is 0 Å². The maximum Gasteiger partial charge on any atom is 0.123 e. The van der Waals surface area contributed by atoms with Crippen LogP contribution in [0.15, 0.2) is 48.7 Å². The Labute approximate surface area is 123 Å². The highest BCUT2D eigenvalue weighted by molar-refractivity contribution is 5.83. The van der Waals surface area contributed by atoms with Crippen molar-refractivity contribution in [3.05, 3.63) is 59.8 Å². The number of aromatic amines is 1. The van der Waals surface area contributed by atoms with Crippen LogP contribution in [0.4, 0.5) is 0 Å². The fourth-order valence-electron chi connectivity index (χ4n) is 2.49. The van der Waals surface area contributed by atoms with Crippen LogP contribution in [-0.2, 0) is 13.0 Å². The molecule has 0 amide bonds. The van der Waals surface area contributed by atoms with Crippen LogP contribution < -0.4 is 5.32 Å². The number of H-pyrrole nitrogens is 1. The summed E-state index contributed by atoms with van der Waals surface area (Å²) in [5.41, 5.74) is 3.23. The zero-order chi connectivity index (χ0) is 14.7. The highest BCUT2D eigenvalue weighted by Crippen LogP contribution is 2.22. The number of hydrogen-bond donors (Lipinski definition) is 4. The summed E-state index contributed by atoms with van der Waals surface area (Å²) in [6, 6.07) is 12.9. The smallest absolute Gasteiger partial charge is 0.123 e. The highest BCUT2D eigenvalue weighted by atomic mass is 16.3. The van der Waals surface area contributed by atoms with E-state index in [0.717, 1.165) is 24.0 Å². The lowest BCUT2D eigenvalue weighted by molar-refractivity contribution is 0.444. The van der Waals surface area contributed by atoms with E-state index < -0.39 is 0 Å². The molecule has 0 bridgehead atoms. The van der Waals surface area contributed by atoms with E-state index in [1.165, 1.54) is 17.0 Å². The van der Waals surface area contributed by atoms with Crippen molar-refractivity contribution in [3.63, 3.8) is 0 Å². The summed E-state index contributed by atoms with van der Waals surface area (Å²) in [6.07, 6.45) is 2.97. The lowest BCUT2D eigenvalue weighted by Gasteiger charge is -2.07. The molecule has 4 heteroatoms. The van der Waals surface area contributed by atoms with E-state index in [0.29, 0.717) is 6.54 Å². The zero-order valence-corrected chi connectivity index (χ0v) is 11.6. The summed E-state index contributed by atoms with van der Waals surface area (Å²) in [7, 11) is 0. The predicted octanol–water partition coefficient (Wildman–Crippen LogP) is 2.91. The molecule has 21 heavy (non-hydrogen) atoms. The molecule has 3 aromatic rings. The van der Waals surface area contributed by atoms with Gasteiger partial charge < -0.3 is 20.5 Å². The minimum absolute atomic E-state index is 0.0787. The van der Waals surface area contributed by atoms with Gasteiger partial charge in [0.1, 0.15) is 11.5 Å². The van der Waals surface area contributed by atoms with Gasteiger partial charge in [0.05, 0.1) is 0 Å². The summed E-state index contributed by atoms with van der Waals surface area (Å²) in [5.74, 6) is 0.199. The first-order valence-electron chi connectivity index (χ1n) is 7.00. The van der Waals surface area contributed by atoms with Crippen LogP contribution in [0.1, 0.15) is 11.1 Å². The van der Waals surface area contributed by atoms with Gasteiger partial charge in [0.2, 0.25) is 0 Å². The van der Waals surface area contributed by atoms with Gasteiger partial charge in [0, 0.05) is 35.3 Å². The molecule has 1 heterocycles. The third-order valence-electron chi connectivity index (χ3n) is 3.63. The van der Waals surface area contributed by atoms with E-state index >= 15 is 0 Å². The summed E-state index contributed by atoms with van der Waals surface area (Å²) in [6.45, 7) is 1.40. The van der Waals surface area contributed by atoms with Crippen LogP contribution in [0.25, 0.3) is 10.9 Å². The van der Waals surface area contributed by atoms with Gasteiger partial charge in [-0.05, 0) is 30.7 Å². The molecule has 0 radical (unpaired) electrons. The van der Waals surface area contributed by atoms with Gasteiger partial charge in [-0.1, -0.05) is 24.3 Å². The Hall–Kier alpha value is -2.46. The van der Waals surface area contributed by atoms with Crippen LogP contribution in [0.2, 0.25) is 0 Å². The van der Waals surface area contributed by atoms with E-state index in [4.69, 9.17) is 0 Å². The molecule has 0 saturated carbocycles. The molecule has 4 N–H and O–H groups in total. The molecule has 1 aromatic heterocycles. The standard InChI is InChI=1S/C17H18N2O2/c20-14-6-5-13(17(21)9-14)10-18-8-7-12-11-19-16-4-2-1-3-15(12)16/h1-6,9,11,18-21H,7-8,10H2. The number of aromatic hydroxyl groups is 2. The Morgan fingerprint density at radius 3 is 2.71 bits per heavy atom. The molecule has 3 rings (SSSR count). The van der Waals surface area contributed by atoms with Crippen molar-refractivity contribution in [1.82, 2.24) is 10.3 Å². The van der Waals surface area contributed by atoms with Crippen molar-refractivity contribution in [3.8, 4) is 11.5 Å². The van der Waals surface area contributed by atoms with Crippen molar-refractivity contribution in [2.75, 3.05) is 6.54 Å². The predicted molar refractivity (Wildman–Crippen MR) is 83.5 cm³/mol. The number of hydrogen-bond acceptors (Lipinski definition) is 3. The Kier molecular flexibility index (Phi) is 3.79. The van der Waals surface area contributed by atoms with Gasteiger partial charge in [-0.2, -0.15) is 0 Å². The Morgan fingerprint density at radius 1 is 1.00 bits per heavy atom. The third-order valence-corrected chi connectivity index (χ3v) is 3.63. The maximum absolute atomic E-state index is 9.71. The van der Waals surface area contributed by atoms with Gasteiger partial charge >= 0.3 is 0 Å². The van der Waals surface area contributed by atoms with E-state index in [1.54, 1.807) is 12.1 Å². The minimum Gasteiger partial charge on any atom is -0.508 e. The molecule has 0 saturated heterocycles. The Bertz CT molecular complexity index is 749. The lowest BCUT2D eigenvalue weighted by atomic mass is 10.1. The van der Waals surface area contributed by atoms with Crippen molar-refractivity contribution in [2.45, 2.75) is 13.0 Å². The number of phenolic OH excluding ortho intramolecular Hbond substituents is 2. The number of rotatable bonds is 5. The first-order valence-corrected chi connectivity index (χ1v) is 7.00. The largest absolute Gasteiger partial charge is 0.508 e. The van der Waals surface area contributed by atoms with Crippen LogP contribution in [0, 0.1) is 0 Å². The first-order chi connectivity index (χ1) is 10.2. The number of benzene rings is 2. The van der Waals surface area contributed by atoms with Gasteiger partial charge in [-0.3, -0.25) is 0 Å². The van der Waals surface area contributed by atoms with Gasteiger partial charge in [0.25, 0.3) is 0 Å². The fourth-order valence-corrected chi connectivity index (χ4v) is 2.49. The molecule has 4 nitrogen and oxygen atoms in total. The quantitative estimate of drug-likeness (QED) is 0.544. The zero-order valence-electron chi connectivity index (χ0n) is 11.6. The van der Waals surface area contributed by atoms with Crippen molar-refractivity contribution in [2.24, 2.45) is 0 Å². The monoisotopic (exact) mass is 282 g/mol. The van der Waals surface area contributed by atoms with E-state index in [2.05, 4.69) is 22.4 Å². The van der Waals surface area contributed by atoms with E-state index in [1.807, 2.05) is 18.3 Å². The maximum atomic E-state index is 9.71. The fraction of sp³-hybridized carbons (Fsp3) is 0.176. The topological polar surface area (TPSA) is 68.3 Å². The van der Waals surface area contributed by atoms with Gasteiger partial charge in [-0.25, -0.2) is 0 Å². The third kappa shape index (κ3) is 3.01. The minimum atomic E-state index is 0.0787. The summed E-state index contributed by atoms with van der Waals surface area (Å²) in [4.78, 5) is 3.27. The molecule has 0 unspecified atom stereocenters. The summed E-state index contributed by atoms with van der Waals surface area (Å²) < 4.78 is 0. The molecule has 0 aliphatic rings. The van der Waals surface area contributed by atoms with Crippen LogP contribution in [-0.4, -0.2) is 21.7 Å². The normalized spacial score (nSPS) is 11.0. The first kappa shape index (κ1) is 13.5. The molecule has 0 atom stereocenters. The molecule has 0 fully saturated rings. The molecule has 0 spiro atoms. The molecule has 0 aliphatic carbocycles. The number of phenols is 2. The molecule has 2 aromatic carbocycles. The average Bonchev–Trinajstić information content (AvgIpc) is 2.89. The van der Waals surface area contributed by atoms with Gasteiger partial charge in [-0.15, -0.1) is 0 Å². The molecular formula is C17H18N2O2.